The third kappa shape index (κ3) is 5.66. The summed E-state index contributed by atoms with van der Waals surface area (Å²) < 4.78 is 11.0. The minimum atomic E-state index is -0.186. The lowest BCUT2D eigenvalue weighted by molar-refractivity contribution is -0.121. The van der Waals surface area contributed by atoms with Gasteiger partial charge < -0.3 is 19.7 Å². The van der Waals surface area contributed by atoms with E-state index in [1.54, 1.807) is 41.4 Å². The second-order valence-corrected chi connectivity index (χ2v) is 8.64. The average molecular weight is 480 g/mol. The molecular weight excluding hydrogens is 454 g/mol. The van der Waals surface area contributed by atoms with Gasteiger partial charge in [0.2, 0.25) is 11.8 Å². The van der Waals surface area contributed by atoms with Gasteiger partial charge >= 0.3 is 0 Å². The topological polar surface area (TPSA) is 80.8 Å². The summed E-state index contributed by atoms with van der Waals surface area (Å²) in [6.45, 7) is 2.97. The number of piperidine rings is 1. The van der Waals surface area contributed by atoms with E-state index in [9.17, 15) is 9.59 Å². The van der Waals surface area contributed by atoms with Gasteiger partial charge in [0.25, 0.3) is 5.91 Å². The van der Waals surface area contributed by atoms with Crippen LogP contribution in [0.4, 0.5) is 5.69 Å². The van der Waals surface area contributed by atoms with E-state index in [0.29, 0.717) is 59.6 Å². The summed E-state index contributed by atoms with van der Waals surface area (Å²) in [5.41, 5.74) is 2.18. The van der Waals surface area contributed by atoms with E-state index >= 15 is 0 Å². The zero-order valence-corrected chi connectivity index (χ0v) is 19.8. The molecule has 2 heterocycles. The number of benzene rings is 2. The molecular formula is C26H26ClN3O4. The SMILES string of the molecule is COc1ccc(Cl)cc1C(=O)N1CCC(C(=O)Nc2ccc(Oc3ccc(C)cc3)nc2)CC1. The Morgan fingerprint density at radius 1 is 1.06 bits per heavy atom. The van der Waals surface area contributed by atoms with Gasteiger partial charge in [-0.05, 0) is 56.2 Å². The van der Waals surface area contributed by atoms with Crippen LogP contribution in [0.5, 0.6) is 17.4 Å². The highest BCUT2D eigenvalue weighted by molar-refractivity contribution is 6.31. The number of ether oxygens (including phenoxy) is 2. The van der Waals surface area contributed by atoms with Crippen molar-refractivity contribution in [3.05, 3.63) is 76.9 Å². The second kappa shape index (κ2) is 10.6. The molecule has 0 bridgehead atoms. The molecule has 1 aliphatic heterocycles. The van der Waals surface area contributed by atoms with Gasteiger partial charge in [-0.25, -0.2) is 4.98 Å². The number of anilines is 1. The molecule has 0 unspecified atom stereocenters. The minimum absolute atomic E-state index is 0.0820. The third-order valence-corrected chi connectivity index (χ3v) is 6.03. The monoisotopic (exact) mass is 479 g/mol. The van der Waals surface area contributed by atoms with E-state index in [1.165, 1.54) is 7.11 Å². The highest BCUT2D eigenvalue weighted by atomic mass is 35.5. The van der Waals surface area contributed by atoms with Crippen molar-refractivity contribution in [2.75, 3.05) is 25.5 Å². The number of amides is 2. The summed E-state index contributed by atoms with van der Waals surface area (Å²) in [5.74, 6) is 1.22. The summed E-state index contributed by atoms with van der Waals surface area (Å²) in [5, 5.41) is 3.39. The van der Waals surface area contributed by atoms with Crippen molar-refractivity contribution in [2.24, 2.45) is 5.92 Å². The number of pyridine rings is 1. The van der Waals surface area contributed by atoms with Crippen molar-refractivity contribution in [1.29, 1.82) is 0 Å². The zero-order chi connectivity index (χ0) is 24.1. The first-order chi connectivity index (χ1) is 16.4. The Kier molecular flexibility index (Phi) is 7.33. The number of nitrogens with one attached hydrogen (secondary N) is 1. The first-order valence-corrected chi connectivity index (χ1v) is 11.4. The lowest BCUT2D eigenvalue weighted by Gasteiger charge is -2.31. The Morgan fingerprint density at radius 3 is 2.44 bits per heavy atom. The van der Waals surface area contributed by atoms with Crippen LogP contribution >= 0.6 is 11.6 Å². The molecule has 34 heavy (non-hydrogen) atoms. The van der Waals surface area contributed by atoms with Gasteiger partial charge in [-0.1, -0.05) is 29.3 Å². The molecule has 1 fully saturated rings. The zero-order valence-electron chi connectivity index (χ0n) is 19.1. The maximum atomic E-state index is 12.9. The molecule has 2 aromatic carbocycles. The van der Waals surface area contributed by atoms with E-state index in [2.05, 4.69) is 10.3 Å². The van der Waals surface area contributed by atoms with Crippen molar-refractivity contribution in [2.45, 2.75) is 19.8 Å². The van der Waals surface area contributed by atoms with Gasteiger partial charge in [0.05, 0.1) is 24.6 Å². The van der Waals surface area contributed by atoms with E-state index in [4.69, 9.17) is 21.1 Å². The van der Waals surface area contributed by atoms with Crippen molar-refractivity contribution in [3.63, 3.8) is 0 Å². The van der Waals surface area contributed by atoms with E-state index in [0.717, 1.165) is 5.56 Å². The van der Waals surface area contributed by atoms with Crippen LogP contribution in [0.15, 0.2) is 60.8 Å². The Balaban J connectivity index is 1.30. The first kappa shape index (κ1) is 23.6. The van der Waals surface area contributed by atoms with Crippen molar-refractivity contribution < 1.29 is 19.1 Å². The summed E-state index contributed by atoms with van der Waals surface area (Å²) >= 11 is 6.06. The lowest BCUT2D eigenvalue weighted by Crippen LogP contribution is -2.41. The van der Waals surface area contributed by atoms with E-state index in [-0.39, 0.29) is 17.7 Å². The molecule has 4 rings (SSSR count). The Bertz CT molecular complexity index is 1160. The molecule has 0 radical (unpaired) electrons. The number of halogens is 1. The Morgan fingerprint density at radius 2 is 1.79 bits per heavy atom. The number of nitrogens with zero attached hydrogens (tertiary/aromatic N) is 2. The van der Waals surface area contributed by atoms with Gasteiger partial charge in [-0.2, -0.15) is 0 Å². The number of aryl methyl sites for hydroxylation is 1. The standard InChI is InChI=1S/C26H26ClN3O4/c1-17-3-7-21(8-4-17)34-24-10-6-20(16-28-24)29-25(31)18-11-13-30(14-12-18)26(32)22-15-19(27)5-9-23(22)33-2/h3-10,15-16,18H,11-14H2,1-2H3,(H,29,31). The highest BCUT2D eigenvalue weighted by Crippen LogP contribution is 2.27. The fourth-order valence-electron chi connectivity index (χ4n) is 3.85. The van der Waals surface area contributed by atoms with Crippen LogP contribution in [-0.4, -0.2) is 41.9 Å². The molecule has 0 saturated carbocycles. The number of methoxy groups -OCH3 is 1. The lowest BCUT2D eigenvalue weighted by atomic mass is 9.95. The quantitative estimate of drug-likeness (QED) is 0.516. The predicted molar refractivity (Wildman–Crippen MR) is 131 cm³/mol. The van der Waals surface area contributed by atoms with Gasteiger partial charge in [0, 0.05) is 30.1 Å². The predicted octanol–water partition coefficient (Wildman–Crippen LogP) is 5.34. The molecule has 8 heteroatoms. The Hall–Kier alpha value is -3.58. The minimum Gasteiger partial charge on any atom is -0.496 e. The van der Waals surface area contributed by atoms with Crippen molar-refractivity contribution in [1.82, 2.24) is 9.88 Å². The Labute approximate surface area is 203 Å². The number of carbonyl (C=O) groups excluding carboxylic acids is 2. The van der Waals surface area contributed by atoms with Crippen LogP contribution < -0.4 is 14.8 Å². The number of hydrogen-bond donors (Lipinski definition) is 1. The van der Waals surface area contributed by atoms with Crippen LogP contribution in [0.25, 0.3) is 0 Å². The number of rotatable bonds is 6. The van der Waals surface area contributed by atoms with Crippen molar-refractivity contribution in [3.8, 4) is 17.4 Å². The van der Waals surface area contributed by atoms with Crippen LogP contribution in [0.1, 0.15) is 28.8 Å². The number of likely N-dealkylation sites (tertiary alicyclic amines) is 1. The molecule has 2 amide bonds. The molecule has 1 saturated heterocycles. The highest BCUT2D eigenvalue weighted by Gasteiger charge is 2.29. The molecule has 0 aliphatic carbocycles. The van der Waals surface area contributed by atoms with Crippen LogP contribution in [0.2, 0.25) is 5.02 Å². The number of carbonyl (C=O) groups is 2. The van der Waals surface area contributed by atoms with E-state index in [1.807, 2.05) is 31.2 Å². The van der Waals surface area contributed by atoms with Gasteiger partial charge in [0.1, 0.15) is 11.5 Å². The maximum Gasteiger partial charge on any atom is 0.257 e. The average Bonchev–Trinajstić information content (AvgIpc) is 2.86. The molecule has 7 nitrogen and oxygen atoms in total. The van der Waals surface area contributed by atoms with Crippen LogP contribution in [-0.2, 0) is 4.79 Å². The molecule has 176 valence electrons. The fraction of sp³-hybridized carbons (Fsp3) is 0.269. The smallest absolute Gasteiger partial charge is 0.257 e. The maximum absolute atomic E-state index is 12.9. The van der Waals surface area contributed by atoms with Crippen LogP contribution in [0, 0.1) is 12.8 Å². The number of hydrogen-bond acceptors (Lipinski definition) is 5. The fourth-order valence-corrected chi connectivity index (χ4v) is 4.02. The molecule has 0 atom stereocenters. The molecule has 3 aromatic rings. The first-order valence-electron chi connectivity index (χ1n) is 11.1. The molecule has 0 spiro atoms. The summed E-state index contributed by atoms with van der Waals surface area (Å²) in [7, 11) is 1.52. The summed E-state index contributed by atoms with van der Waals surface area (Å²) in [6, 6.07) is 16.2. The molecule has 1 aliphatic rings. The third-order valence-electron chi connectivity index (χ3n) is 5.79. The largest absolute Gasteiger partial charge is 0.496 e. The van der Waals surface area contributed by atoms with Gasteiger partial charge in [-0.3, -0.25) is 9.59 Å². The second-order valence-electron chi connectivity index (χ2n) is 8.20. The normalized spacial score (nSPS) is 13.9. The van der Waals surface area contributed by atoms with Gasteiger partial charge in [-0.15, -0.1) is 0 Å². The number of aromatic nitrogens is 1. The summed E-state index contributed by atoms with van der Waals surface area (Å²) in [4.78, 5) is 31.7. The molecule has 1 aromatic heterocycles. The van der Waals surface area contributed by atoms with Gasteiger partial charge in [0.15, 0.2) is 0 Å². The molecule has 1 N–H and O–H groups in total. The van der Waals surface area contributed by atoms with Crippen molar-refractivity contribution >= 4 is 29.1 Å². The summed E-state index contributed by atoms with van der Waals surface area (Å²) in [6.07, 6.45) is 2.72. The van der Waals surface area contributed by atoms with Crippen LogP contribution in [0.3, 0.4) is 0 Å². The van der Waals surface area contributed by atoms with E-state index < -0.39 is 0 Å².